The lowest BCUT2D eigenvalue weighted by Crippen LogP contribution is -2.25. The quantitative estimate of drug-likeness (QED) is 0.653. The predicted octanol–water partition coefficient (Wildman–Crippen LogP) is 4.17. The van der Waals surface area contributed by atoms with E-state index in [0.29, 0.717) is 5.92 Å². The smallest absolute Gasteiger partial charge is 0.0208 e. The molecule has 2 nitrogen and oxygen atoms in total. The molecule has 0 radical (unpaired) electrons. The van der Waals surface area contributed by atoms with Crippen LogP contribution in [0.4, 0.5) is 0 Å². The lowest BCUT2D eigenvalue weighted by molar-refractivity contribution is 0.324. The van der Waals surface area contributed by atoms with E-state index >= 15 is 0 Å². The topological polar surface area (TPSA) is 15.3 Å². The highest BCUT2D eigenvalue weighted by Gasteiger charge is 2.03. The van der Waals surface area contributed by atoms with Crippen molar-refractivity contribution in [2.24, 2.45) is 5.92 Å². The first-order chi connectivity index (χ1) is 10.1. The molecule has 0 heterocycles. The molecule has 1 aromatic rings. The minimum Gasteiger partial charge on any atom is -0.312 e. The van der Waals surface area contributed by atoms with Crippen molar-refractivity contribution in [1.29, 1.82) is 0 Å². The van der Waals surface area contributed by atoms with Crippen molar-refractivity contribution in [2.45, 2.75) is 46.1 Å². The molecule has 0 spiro atoms. The molecule has 3 heteroatoms. The molecule has 0 saturated heterocycles. The summed E-state index contributed by atoms with van der Waals surface area (Å²) in [5.41, 5.74) is 2.82. The van der Waals surface area contributed by atoms with E-state index in [1.54, 1.807) is 0 Å². The summed E-state index contributed by atoms with van der Waals surface area (Å²) in [6, 6.07) is 6.88. The number of nitrogens with zero attached hydrogens (tertiary/aromatic N) is 1. The Bertz CT molecular complexity index is 400. The van der Waals surface area contributed by atoms with Crippen LogP contribution in [0.3, 0.4) is 0 Å². The molecule has 1 rings (SSSR count). The van der Waals surface area contributed by atoms with Gasteiger partial charge in [0.1, 0.15) is 0 Å². The van der Waals surface area contributed by atoms with Crippen molar-refractivity contribution < 1.29 is 0 Å². The van der Waals surface area contributed by atoms with Gasteiger partial charge in [0.15, 0.2) is 0 Å². The van der Waals surface area contributed by atoms with Gasteiger partial charge < -0.3 is 10.2 Å². The van der Waals surface area contributed by atoms with Gasteiger partial charge in [0.05, 0.1) is 0 Å². The van der Waals surface area contributed by atoms with E-state index in [1.165, 1.54) is 28.3 Å². The zero-order valence-corrected chi connectivity index (χ0v) is 15.2. The molecular formula is C18H32N2S. The van der Waals surface area contributed by atoms with Crippen LogP contribution in [0.15, 0.2) is 23.1 Å². The van der Waals surface area contributed by atoms with E-state index in [2.05, 4.69) is 63.0 Å². The molecule has 0 saturated carbocycles. The molecule has 0 aliphatic carbocycles. The van der Waals surface area contributed by atoms with E-state index in [9.17, 15) is 0 Å². The second kappa shape index (κ2) is 10.3. The molecule has 0 aliphatic heterocycles. The molecule has 0 aromatic heterocycles. The summed E-state index contributed by atoms with van der Waals surface area (Å²) >= 11 is 1.97. The van der Waals surface area contributed by atoms with Gasteiger partial charge in [-0.2, -0.15) is 0 Å². The van der Waals surface area contributed by atoms with Crippen LogP contribution < -0.4 is 5.32 Å². The maximum atomic E-state index is 3.52. The maximum absolute atomic E-state index is 3.52. The van der Waals surface area contributed by atoms with E-state index in [1.807, 2.05) is 11.8 Å². The summed E-state index contributed by atoms with van der Waals surface area (Å²) < 4.78 is 0. The molecule has 0 amide bonds. The Morgan fingerprint density at radius 3 is 2.48 bits per heavy atom. The fourth-order valence-corrected chi connectivity index (χ4v) is 3.29. The largest absolute Gasteiger partial charge is 0.312 e. The highest BCUT2D eigenvalue weighted by atomic mass is 32.2. The lowest BCUT2D eigenvalue weighted by atomic mass is 10.1. The zero-order chi connectivity index (χ0) is 15.7. The number of hydrogen-bond donors (Lipinski definition) is 1. The normalized spacial score (nSPS) is 11.6. The molecule has 1 aromatic carbocycles. The Kier molecular flexibility index (Phi) is 9.05. The standard InChI is InChI=1S/C18H32N2S/c1-6-20(7-2)10-11-21-18-9-8-17(16(5)12-18)14-19-13-15(3)4/h8-9,12,15,19H,6-7,10-11,13-14H2,1-5H3. The zero-order valence-electron chi connectivity index (χ0n) is 14.4. The van der Waals surface area contributed by atoms with Crippen molar-refractivity contribution in [3.8, 4) is 0 Å². The maximum Gasteiger partial charge on any atom is 0.0208 e. The lowest BCUT2D eigenvalue weighted by Gasteiger charge is -2.17. The Morgan fingerprint density at radius 2 is 1.90 bits per heavy atom. The highest BCUT2D eigenvalue weighted by molar-refractivity contribution is 7.99. The van der Waals surface area contributed by atoms with Crippen molar-refractivity contribution >= 4 is 11.8 Å². The van der Waals surface area contributed by atoms with Gasteiger partial charge in [-0.05, 0) is 55.7 Å². The first-order valence-corrected chi connectivity index (χ1v) is 9.20. The molecule has 0 bridgehead atoms. The van der Waals surface area contributed by atoms with Gasteiger partial charge in [-0.1, -0.05) is 33.8 Å². The molecule has 120 valence electrons. The Morgan fingerprint density at radius 1 is 1.19 bits per heavy atom. The number of aryl methyl sites for hydroxylation is 1. The predicted molar refractivity (Wildman–Crippen MR) is 96.2 cm³/mol. The Balaban J connectivity index is 2.42. The van der Waals surface area contributed by atoms with Gasteiger partial charge in [-0.25, -0.2) is 0 Å². The molecule has 0 unspecified atom stereocenters. The van der Waals surface area contributed by atoms with Gasteiger partial charge >= 0.3 is 0 Å². The van der Waals surface area contributed by atoms with Gasteiger partial charge in [-0.15, -0.1) is 11.8 Å². The fraction of sp³-hybridized carbons (Fsp3) is 0.667. The summed E-state index contributed by atoms with van der Waals surface area (Å²) in [5.74, 6) is 1.88. The fourth-order valence-electron chi connectivity index (χ4n) is 2.28. The summed E-state index contributed by atoms with van der Waals surface area (Å²) in [6.45, 7) is 16.7. The summed E-state index contributed by atoms with van der Waals surface area (Å²) in [4.78, 5) is 3.87. The summed E-state index contributed by atoms with van der Waals surface area (Å²) in [6.07, 6.45) is 0. The van der Waals surface area contributed by atoms with Gasteiger partial charge in [-0.3, -0.25) is 0 Å². The van der Waals surface area contributed by atoms with Crippen LogP contribution in [0.2, 0.25) is 0 Å². The van der Waals surface area contributed by atoms with Crippen molar-refractivity contribution in [1.82, 2.24) is 10.2 Å². The third-order valence-corrected chi connectivity index (χ3v) is 4.73. The Labute approximate surface area is 135 Å². The van der Waals surface area contributed by atoms with Crippen LogP contribution in [-0.4, -0.2) is 36.8 Å². The second-order valence-electron chi connectivity index (χ2n) is 5.99. The van der Waals surface area contributed by atoms with Crippen molar-refractivity contribution in [3.05, 3.63) is 29.3 Å². The van der Waals surface area contributed by atoms with Crippen LogP contribution in [0.25, 0.3) is 0 Å². The molecule has 21 heavy (non-hydrogen) atoms. The third kappa shape index (κ3) is 7.35. The van der Waals surface area contributed by atoms with Crippen LogP contribution in [0, 0.1) is 12.8 Å². The molecule has 0 fully saturated rings. The summed E-state index contributed by atoms with van der Waals surface area (Å²) in [5, 5.41) is 3.52. The number of rotatable bonds is 10. The molecule has 0 atom stereocenters. The molecular weight excluding hydrogens is 276 g/mol. The van der Waals surface area contributed by atoms with E-state index < -0.39 is 0 Å². The average molecular weight is 309 g/mol. The van der Waals surface area contributed by atoms with Crippen LogP contribution in [0.5, 0.6) is 0 Å². The van der Waals surface area contributed by atoms with Crippen LogP contribution in [-0.2, 0) is 6.54 Å². The van der Waals surface area contributed by atoms with Crippen molar-refractivity contribution in [3.63, 3.8) is 0 Å². The monoisotopic (exact) mass is 308 g/mol. The number of thioether (sulfide) groups is 1. The second-order valence-corrected chi connectivity index (χ2v) is 7.16. The van der Waals surface area contributed by atoms with Gasteiger partial charge in [0.2, 0.25) is 0 Å². The number of benzene rings is 1. The molecule has 0 aliphatic rings. The summed E-state index contributed by atoms with van der Waals surface area (Å²) in [7, 11) is 0. The number of nitrogens with one attached hydrogen (secondary N) is 1. The average Bonchev–Trinajstić information content (AvgIpc) is 2.45. The minimum atomic E-state index is 0.709. The van der Waals surface area contributed by atoms with Gasteiger partial charge in [0, 0.05) is 23.7 Å². The van der Waals surface area contributed by atoms with E-state index in [4.69, 9.17) is 0 Å². The van der Waals surface area contributed by atoms with Crippen molar-refractivity contribution in [2.75, 3.05) is 31.9 Å². The van der Waals surface area contributed by atoms with Crippen LogP contribution >= 0.6 is 11.8 Å². The first kappa shape index (κ1) is 18.5. The van der Waals surface area contributed by atoms with Crippen LogP contribution in [0.1, 0.15) is 38.8 Å². The SMILES string of the molecule is CCN(CC)CCSc1ccc(CNCC(C)C)c(C)c1. The number of hydrogen-bond acceptors (Lipinski definition) is 3. The molecule has 1 N–H and O–H groups in total. The van der Waals surface area contributed by atoms with Gasteiger partial charge in [0.25, 0.3) is 0 Å². The van der Waals surface area contributed by atoms with E-state index in [-0.39, 0.29) is 0 Å². The minimum absolute atomic E-state index is 0.709. The Hall–Kier alpha value is -0.510. The first-order valence-electron chi connectivity index (χ1n) is 8.22. The van der Waals surface area contributed by atoms with E-state index in [0.717, 1.165) is 26.2 Å². The highest BCUT2D eigenvalue weighted by Crippen LogP contribution is 2.21. The third-order valence-electron chi connectivity index (χ3n) is 3.75.